The average Bonchev–Trinajstić information content (AvgIpc) is 3.58. The van der Waals surface area contributed by atoms with Crippen LogP contribution in [-0.2, 0) is 42.9 Å². The molecule has 0 saturated carbocycles. The van der Waals surface area contributed by atoms with Gasteiger partial charge in [-0.2, -0.15) is 0 Å². The van der Waals surface area contributed by atoms with E-state index in [-0.39, 0.29) is 25.9 Å². The van der Waals surface area contributed by atoms with Gasteiger partial charge in [-0.3, -0.25) is 14.4 Å². The summed E-state index contributed by atoms with van der Waals surface area (Å²) in [6.07, 6.45) is 66.2. The molecule has 12 heteroatoms. The minimum absolute atomic E-state index is 0.0474. The van der Waals surface area contributed by atoms with E-state index in [1.54, 1.807) is 0 Å². The maximum atomic E-state index is 13.2. The van der Waals surface area contributed by atoms with E-state index < -0.39 is 67.3 Å². The van der Waals surface area contributed by atoms with Crippen LogP contribution >= 0.6 is 0 Å². The molecular weight excluding hydrogens is 1040 g/mol. The van der Waals surface area contributed by atoms with Crippen molar-refractivity contribution in [1.29, 1.82) is 0 Å². The molecule has 1 heterocycles. The fraction of sp³-hybridized carbons (Fsp3) is 0.690. The number of hydrogen-bond donors (Lipinski definition) is 3. The third-order valence-corrected chi connectivity index (χ3v) is 14.3. The highest BCUT2D eigenvalue weighted by Gasteiger charge is 2.50. The summed E-state index contributed by atoms with van der Waals surface area (Å²) in [5.41, 5.74) is 0. The lowest BCUT2D eigenvalue weighted by atomic mass is 9.98. The molecule has 1 rings (SSSR count). The second kappa shape index (κ2) is 57.8. The van der Waals surface area contributed by atoms with Crippen molar-refractivity contribution in [3.05, 3.63) is 109 Å². The first-order chi connectivity index (χ1) is 40.6. The highest BCUT2D eigenvalue weighted by atomic mass is 16.7. The van der Waals surface area contributed by atoms with Gasteiger partial charge in [-0.1, -0.05) is 239 Å². The zero-order valence-corrected chi connectivity index (χ0v) is 52.2. The van der Waals surface area contributed by atoms with Gasteiger partial charge in [0.05, 0.1) is 6.61 Å². The highest BCUT2D eigenvalue weighted by Crippen LogP contribution is 2.26. The fourth-order valence-electron chi connectivity index (χ4n) is 9.35. The van der Waals surface area contributed by atoms with E-state index in [4.69, 9.17) is 23.7 Å². The predicted molar refractivity (Wildman–Crippen MR) is 340 cm³/mol. The number of rotatable bonds is 55. The summed E-state index contributed by atoms with van der Waals surface area (Å²) in [6, 6.07) is 0. The SMILES string of the molecule is CC/C=C\C/C=C\C/C=C\C/C=C\C/C=C\CCCC(=O)OCC(COC1OC(C(=O)O)C(O)C(O)C1OC(=O)CCCCCCCCCCC/C=C\CCCCCCCC)OC(=O)CCCCCCCCC/C=C\C/C=C\C/C=C\CC. The lowest BCUT2D eigenvalue weighted by molar-refractivity contribution is -0.301. The molecule has 0 aromatic rings. The van der Waals surface area contributed by atoms with Gasteiger partial charge in [0.1, 0.15) is 18.8 Å². The number of hydrogen-bond acceptors (Lipinski definition) is 11. The number of aliphatic hydroxyl groups is 2. The monoisotopic (exact) mass is 1160 g/mol. The van der Waals surface area contributed by atoms with Crippen LogP contribution in [0.3, 0.4) is 0 Å². The first-order valence-corrected chi connectivity index (χ1v) is 32.9. The molecule has 1 saturated heterocycles. The van der Waals surface area contributed by atoms with E-state index in [1.807, 2.05) is 6.08 Å². The largest absolute Gasteiger partial charge is 0.479 e. The van der Waals surface area contributed by atoms with Gasteiger partial charge in [0.2, 0.25) is 0 Å². The normalized spacial score (nSPS) is 18.3. The van der Waals surface area contributed by atoms with E-state index in [2.05, 4.69) is 124 Å². The zero-order chi connectivity index (χ0) is 60.3. The van der Waals surface area contributed by atoms with Crippen LogP contribution in [0, 0.1) is 0 Å². The lowest BCUT2D eigenvalue weighted by Crippen LogP contribution is -2.61. The number of carboxylic acids is 1. The standard InChI is InChI=1S/C71H116O12/c1-4-7-10-13-16-19-22-25-28-31-32-35-38-41-44-47-50-53-56-59-65(74)82-69-67(76)66(75)68(70(77)78)83-71(69)80-61-62(81-64(73)58-55-52-49-46-43-40-37-34-30-27-24-21-18-15-12-9-6-3)60-79-63(72)57-54-51-48-45-42-39-36-33-29-26-23-20-17-14-11-8-5-2/h8-9,11-12,17-18,20-21,25-30,36,39,45,48,62,66-69,71,75-76H,4-7,10,13-16,19,22-24,31-35,37-38,40-44,46-47,49-61H2,1-3H3,(H,77,78)/b11-8-,12-9-,20-17-,21-18-,28-25-,29-26-,30-27-,39-36-,48-45-. The molecule has 6 unspecified atom stereocenters. The molecule has 0 amide bonds. The number of allylic oxidation sites excluding steroid dienone is 18. The smallest absolute Gasteiger partial charge is 0.335 e. The minimum atomic E-state index is -1.92. The third-order valence-electron chi connectivity index (χ3n) is 14.3. The van der Waals surface area contributed by atoms with Gasteiger partial charge in [-0.25, -0.2) is 4.79 Å². The summed E-state index contributed by atoms with van der Waals surface area (Å²) >= 11 is 0. The Morgan fingerprint density at radius 3 is 1.20 bits per heavy atom. The second-order valence-corrected chi connectivity index (χ2v) is 22.0. The van der Waals surface area contributed by atoms with Gasteiger partial charge in [0.25, 0.3) is 0 Å². The zero-order valence-electron chi connectivity index (χ0n) is 52.2. The third kappa shape index (κ3) is 47.3. The van der Waals surface area contributed by atoms with Crippen LogP contribution in [-0.4, -0.2) is 89.2 Å². The predicted octanol–water partition coefficient (Wildman–Crippen LogP) is 17.8. The Morgan fingerprint density at radius 1 is 0.410 bits per heavy atom. The van der Waals surface area contributed by atoms with Crippen molar-refractivity contribution in [2.24, 2.45) is 0 Å². The van der Waals surface area contributed by atoms with Crippen LogP contribution in [0.4, 0.5) is 0 Å². The van der Waals surface area contributed by atoms with Crippen LogP contribution in [0.5, 0.6) is 0 Å². The average molecular weight is 1160 g/mol. The Hall–Kier alpha value is -4.62. The number of carbonyl (C=O) groups is 4. The molecule has 3 N–H and O–H groups in total. The van der Waals surface area contributed by atoms with Gasteiger partial charge in [-0.05, 0) is 116 Å². The Kier molecular flexibility index (Phi) is 53.2. The van der Waals surface area contributed by atoms with Crippen LogP contribution < -0.4 is 0 Å². The molecule has 0 bridgehead atoms. The van der Waals surface area contributed by atoms with Crippen molar-refractivity contribution in [1.82, 2.24) is 0 Å². The molecule has 12 nitrogen and oxygen atoms in total. The molecule has 0 aromatic carbocycles. The summed E-state index contributed by atoms with van der Waals surface area (Å²) in [6.45, 7) is 5.73. The van der Waals surface area contributed by atoms with Crippen molar-refractivity contribution < 1.29 is 58.2 Å². The van der Waals surface area contributed by atoms with Gasteiger partial charge in [0, 0.05) is 19.3 Å². The molecule has 0 aliphatic carbocycles. The summed E-state index contributed by atoms with van der Waals surface area (Å²) in [5.74, 6) is -3.21. The van der Waals surface area contributed by atoms with Crippen LogP contribution in [0.15, 0.2) is 109 Å². The number of unbranched alkanes of at least 4 members (excludes halogenated alkanes) is 23. The van der Waals surface area contributed by atoms with E-state index in [0.29, 0.717) is 25.7 Å². The number of ether oxygens (including phenoxy) is 5. The molecule has 0 radical (unpaired) electrons. The molecule has 1 fully saturated rings. The molecule has 0 spiro atoms. The molecule has 6 atom stereocenters. The van der Waals surface area contributed by atoms with Gasteiger partial charge in [0.15, 0.2) is 24.6 Å². The van der Waals surface area contributed by atoms with Gasteiger partial charge < -0.3 is 39.0 Å². The van der Waals surface area contributed by atoms with Crippen molar-refractivity contribution in [2.75, 3.05) is 13.2 Å². The number of aliphatic carboxylic acids is 1. The highest BCUT2D eigenvalue weighted by molar-refractivity contribution is 5.74. The Balaban J connectivity index is 2.69. The lowest BCUT2D eigenvalue weighted by Gasteiger charge is -2.40. The van der Waals surface area contributed by atoms with Crippen LogP contribution in [0.2, 0.25) is 0 Å². The Labute approximate surface area is 504 Å². The van der Waals surface area contributed by atoms with Crippen molar-refractivity contribution >= 4 is 23.9 Å². The van der Waals surface area contributed by atoms with Crippen molar-refractivity contribution in [2.45, 2.75) is 302 Å². The Bertz CT molecular complexity index is 1860. The number of carboxylic acid groups (broad SMARTS) is 1. The van der Waals surface area contributed by atoms with E-state index >= 15 is 0 Å². The fourth-order valence-corrected chi connectivity index (χ4v) is 9.35. The molecule has 0 aromatic heterocycles. The van der Waals surface area contributed by atoms with E-state index in [1.165, 1.54) is 70.6 Å². The first kappa shape index (κ1) is 76.4. The maximum absolute atomic E-state index is 13.2. The topological polar surface area (TPSA) is 175 Å². The van der Waals surface area contributed by atoms with Crippen LogP contribution in [0.25, 0.3) is 0 Å². The summed E-state index contributed by atoms with van der Waals surface area (Å²) in [7, 11) is 0. The number of esters is 3. The number of aliphatic hydroxyl groups excluding tert-OH is 2. The minimum Gasteiger partial charge on any atom is -0.479 e. The van der Waals surface area contributed by atoms with Gasteiger partial charge >= 0.3 is 23.9 Å². The number of carbonyl (C=O) groups excluding carboxylic acids is 3. The summed E-state index contributed by atoms with van der Waals surface area (Å²) < 4.78 is 28.5. The molecular formula is C71H116O12. The molecule has 472 valence electrons. The van der Waals surface area contributed by atoms with Crippen molar-refractivity contribution in [3.63, 3.8) is 0 Å². The van der Waals surface area contributed by atoms with Crippen molar-refractivity contribution in [3.8, 4) is 0 Å². The van der Waals surface area contributed by atoms with E-state index in [9.17, 15) is 34.5 Å². The summed E-state index contributed by atoms with van der Waals surface area (Å²) in [4.78, 5) is 51.4. The van der Waals surface area contributed by atoms with Gasteiger partial charge in [-0.15, -0.1) is 0 Å². The quantitative estimate of drug-likeness (QED) is 0.0228. The van der Waals surface area contributed by atoms with Crippen LogP contribution in [0.1, 0.15) is 265 Å². The Morgan fingerprint density at radius 2 is 0.771 bits per heavy atom. The second-order valence-electron chi connectivity index (χ2n) is 22.0. The molecule has 1 aliphatic heterocycles. The maximum Gasteiger partial charge on any atom is 0.335 e. The molecule has 1 aliphatic rings. The molecule has 83 heavy (non-hydrogen) atoms. The first-order valence-electron chi connectivity index (χ1n) is 32.9. The van der Waals surface area contributed by atoms with E-state index in [0.717, 1.165) is 128 Å². The summed E-state index contributed by atoms with van der Waals surface area (Å²) in [5, 5.41) is 31.6.